The zero-order valence-electron chi connectivity index (χ0n) is 15.1. The van der Waals surface area contributed by atoms with Crippen molar-refractivity contribution in [2.45, 2.75) is 51.7 Å². The second-order valence-electron chi connectivity index (χ2n) is 6.98. The number of amides is 1. The van der Waals surface area contributed by atoms with Gasteiger partial charge in [0.25, 0.3) is 0 Å². The largest absolute Gasteiger partial charge is 0.444 e. The molecule has 0 spiro atoms. The van der Waals surface area contributed by atoms with Gasteiger partial charge in [0.2, 0.25) is 0 Å². The fraction of sp³-hybridized carbons (Fsp3) is 0.529. The summed E-state index contributed by atoms with van der Waals surface area (Å²) in [6.07, 6.45) is 1.96. The standard InChI is InChI=1S/C17H23FN4O4/c1-17(2,3)25-16(24)22-8-4-5-12(22)9-14(23)26-21-15(19)13-7-6-11(18)10-20-13/h6-7,10,12H,4-5,8-9H2,1-3H3,(H2,19,21)/t12-/m0/s1. The molecule has 1 saturated heterocycles. The van der Waals surface area contributed by atoms with Crippen molar-refractivity contribution in [3.05, 3.63) is 29.8 Å². The van der Waals surface area contributed by atoms with Crippen molar-refractivity contribution in [3.8, 4) is 0 Å². The molecule has 2 rings (SSSR count). The Labute approximate surface area is 151 Å². The summed E-state index contributed by atoms with van der Waals surface area (Å²) in [6.45, 7) is 5.87. The monoisotopic (exact) mass is 366 g/mol. The van der Waals surface area contributed by atoms with Crippen molar-refractivity contribution in [3.63, 3.8) is 0 Å². The quantitative estimate of drug-likeness (QED) is 0.379. The normalized spacial score (nSPS) is 17.9. The van der Waals surface area contributed by atoms with E-state index in [1.54, 1.807) is 20.8 Å². The van der Waals surface area contributed by atoms with Gasteiger partial charge in [-0.2, -0.15) is 0 Å². The highest BCUT2D eigenvalue weighted by atomic mass is 19.1. The number of amidine groups is 1. The molecule has 0 radical (unpaired) electrons. The van der Waals surface area contributed by atoms with Crippen LogP contribution in [0.1, 0.15) is 45.7 Å². The SMILES string of the molecule is CC(C)(C)OC(=O)N1CCC[C@H]1CC(=O)O/N=C(\N)c1ccc(F)cn1. The Bertz CT molecular complexity index is 685. The van der Waals surface area contributed by atoms with Crippen LogP contribution in [-0.4, -0.2) is 46.0 Å². The maximum atomic E-state index is 12.8. The van der Waals surface area contributed by atoms with E-state index < -0.39 is 23.5 Å². The zero-order chi connectivity index (χ0) is 19.3. The number of ether oxygens (including phenoxy) is 1. The van der Waals surface area contributed by atoms with Crippen molar-refractivity contribution < 1.29 is 23.6 Å². The van der Waals surface area contributed by atoms with Crippen LogP contribution in [0.15, 0.2) is 23.5 Å². The van der Waals surface area contributed by atoms with E-state index in [0.29, 0.717) is 13.0 Å². The molecule has 8 nitrogen and oxygen atoms in total. The number of carbonyl (C=O) groups is 2. The lowest BCUT2D eigenvalue weighted by Crippen LogP contribution is -2.40. The second-order valence-corrected chi connectivity index (χ2v) is 6.98. The molecule has 0 aliphatic carbocycles. The number of oxime groups is 1. The molecule has 1 aromatic rings. The molecule has 2 N–H and O–H groups in total. The fourth-order valence-corrected chi connectivity index (χ4v) is 2.51. The molecule has 0 aromatic carbocycles. The minimum atomic E-state index is -0.629. The summed E-state index contributed by atoms with van der Waals surface area (Å²) in [5.41, 5.74) is 5.23. The van der Waals surface area contributed by atoms with E-state index in [9.17, 15) is 14.0 Å². The molecular weight excluding hydrogens is 343 g/mol. The fourth-order valence-electron chi connectivity index (χ4n) is 2.51. The lowest BCUT2D eigenvalue weighted by Gasteiger charge is -2.28. The van der Waals surface area contributed by atoms with Crippen molar-refractivity contribution in [2.75, 3.05) is 6.54 Å². The molecule has 0 unspecified atom stereocenters. The van der Waals surface area contributed by atoms with Gasteiger partial charge in [-0.25, -0.2) is 19.0 Å². The van der Waals surface area contributed by atoms with Gasteiger partial charge in [0.15, 0.2) is 5.84 Å². The number of hydrogen-bond acceptors (Lipinski definition) is 6. The van der Waals surface area contributed by atoms with Gasteiger partial charge in [-0.1, -0.05) is 5.16 Å². The molecule has 0 bridgehead atoms. The third-order valence-electron chi connectivity index (χ3n) is 3.64. The minimum Gasteiger partial charge on any atom is -0.444 e. The van der Waals surface area contributed by atoms with Crippen molar-refractivity contribution in [2.24, 2.45) is 10.9 Å². The first-order chi connectivity index (χ1) is 12.2. The highest BCUT2D eigenvalue weighted by molar-refractivity contribution is 5.95. The van der Waals surface area contributed by atoms with Crippen LogP contribution in [0.5, 0.6) is 0 Å². The van der Waals surface area contributed by atoms with Gasteiger partial charge >= 0.3 is 12.1 Å². The van der Waals surface area contributed by atoms with E-state index >= 15 is 0 Å². The van der Waals surface area contributed by atoms with Gasteiger partial charge in [0, 0.05) is 12.6 Å². The highest BCUT2D eigenvalue weighted by Crippen LogP contribution is 2.23. The Morgan fingerprint density at radius 3 is 2.77 bits per heavy atom. The second kappa shape index (κ2) is 8.11. The smallest absolute Gasteiger partial charge is 0.410 e. The lowest BCUT2D eigenvalue weighted by molar-refractivity contribution is -0.144. The number of nitrogens with zero attached hydrogens (tertiary/aromatic N) is 3. The van der Waals surface area contributed by atoms with Crippen LogP contribution in [-0.2, 0) is 14.4 Å². The van der Waals surface area contributed by atoms with E-state index in [1.807, 2.05) is 0 Å². The Hall–Kier alpha value is -2.71. The van der Waals surface area contributed by atoms with E-state index in [4.69, 9.17) is 15.3 Å². The Morgan fingerprint density at radius 1 is 1.42 bits per heavy atom. The summed E-state index contributed by atoms with van der Waals surface area (Å²) in [6, 6.07) is 2.19. The highest BCUT2D eigenvalue weighted by Gasteiger charge is 2.33. The Morgan fingerprint density at radius 2 is 2.15 bits per heavy atom. The van der Waals surface area contributed by atoms with Gasteiger partial charge in [-0.15, -0.1) is 0 Å². The maximum absolute atomic E-state index is 12.8. The van der Waals surface area contributed by atoms with E-state index in [0.717, 1.165) is 12.6 Å². The van der Waals surface area contributed by atoms with Crippen LogP contribution >= 0.6 is 0 Å². The molecule has 2 heterocycles. The molecule has 1 amide bonds. The summed E-state index contributed by atoms with van der Waals surface area (Å²) in [7, 11) is 0. The summed E-state index contributed by atoms with van der Waals surface area (Å²) in [5.74, 6) is -1.29. The van der Waals surface area contributed by atoms with Crippen molar-refractivity contribution >= 4 is 17.9 Å². The van der Waals surface area contributed by atoms with Crippen LogP contribution in [0.2, 0.25) is 0 Å². The molecule has 1 aliphatic rings. The number of rotatable bonds is 4. The Balaban J connectivity index is 1.91. The number of aromatic nitrogens is 1. The average Bonchev–Trinajstić information content (AvgIpc) is 3.00. The molecular formula is C17H23FN4O4. The molecule has 1 aliphatic heterocycles. The third kappa shape index (κ3) is 5.68. The van der Waals surface area contributed by atoms with E-state index in [-0.39, 0.29) is 24.0 Å². The number of carbonyl (C=O) groups excluding carboxylic acids is 2. The number of hydrogen-bond donors (Lipinski definition) is 1. The maximum Gasteiger partial charge on any atom is 0.410 e. The number of likely N-dealkylation sites (tertiary alicyclic amines) is 1. The zero-order valence-corrected chi connectivity index (χ0v) is 15.1. The van der Waals surface area contributed by atoms with Crippen LogP contribution < -0.4 is 5.73 Å². The molecule has 1 atom stereocenters. The van der Waals surface area contributed by atoms with Gasteiger partial charge in [-0.05, 0) is 45.7 Å². The van der Waals surface area contributed by atoms with Crippen LogP contribution in [0.3, 0.4) is 0 Å². The molecule has 26 heavy (non-hydrogen) atoms. The summed E-state index contributed by atoms with van der Waals surface area (Å²) in [4.78, 5) is 34.3. The summed E-state index contributed by atoms with van der Waals surface area (Å²) >= 11 is 0. The third-order valence-corrected chi connectivity index (χ3v) is 3.64. The number of pyridine rings is 1. The molecule has 142 valence electrons. The van der Waals surface area contributed by atoms with Crippen LogP contribution in [0.4, 0.5) is 9.18 Å². The number of nitrogens with two attached hydrogens (primary N) is 1. The molecule has 1 aromatic heterocycles. The van der Waals surface area contributed by atoms with Crippen molar-refractivity contribution in [1.82, 2.24) is 9.88 Å². The van der Waals surface area contributed by atoms with Gasteiger partial charge in [-0.3, -0.25) is 0 Å². The molecule has 0 saturated carbocycles. The van der Waals surface area contributed by atoms with Gasteiger partial charge in [0.1, 0.15) is 17.1 Å². The molecule has 1 fully saturated rings. The van der Waals surface area contributed by atoms with Gasteiger partial charge < -0.3 is 20.2 Å². The van der Waals surface area contributed by atoms with Crippen molar-refractivity contribution in [1.29, 1.82) is 0 Å². The van der Waals surface area contributed by atoms with Crippen LogP contribution in [0.25, 0.3) is 0 Å². The first-order valence-electron chi connectivity index (χ1n) is 8.30. The predicted molar refractivity (Wildman–Crippen MR) is 91.6 cm³/mol. The topological polar surface area (TPSA) is 107 Å². The van der Waals surface area contributed by atoms with Gasteiger partial charge in [0.05, 0.1) is 12.6 Å². The average molecular weight is 366 g/mol. The summed E-state index contributed by atoms with van der Waals surface area (Å²) in [5, 5.41) is 3.52. The minimum absolute atomic E-state index is 0.0210. The first kappa shape index (κ1) is 19.6. The summed E-state index contributed by atoms with van der Waals surface area (Å²) < 4.78 is 18.2. The van der Waals surface area contributed by atoms with E-state index in [2.05, 4.69) is 10.1 Å². The first-order valence-corrected chi connectivity index (χ1v) is 8.30. The van der Waals surface area contributed by atoms with E-state index in [1.165, 1.54) is 17.0 Å². The molecule has 9 heteroatoms. The number of halogens is 1. The lowest BCUT2D eigenvalue weighted by atomic mass is 10.1. The van der Waals surface area contributed by atoms with Crippen LogP contribution in [0, 0.1) is 5.82 Å². The Kier molecular flexibility index (Phi) is 6.12. The predicted octanol–water partition coefficient (Wildman–Crippen LogP) is 2.17.